The van der Waals surface area contributed by atoms with E-state index in [0.29, 0.717) is 28.7 Å². The van der Waals surface area contributed by atoms with Gasteiger partial charge in [0.25, 0.3) is 0 Å². The van der Waals surface area contributed by atoms with Crippen molar-refractivity contribution >= 4 is 44.2 Å². The van der Waals surface area contributed by atoms with E-state index in [9.17, 15) is 9.59 Å². The third kappa shape index (κ3) is 4.42. The van der Waals surface area contributed by atoms with Gasteiger partial charge in [-0.3, -0.25) is 19.5 Å². The van der Waals surface area contributed by atoms with Crippen LogP contribution in [0.3, 0.4) is 0 Å². The van der Waals surface area contributed by atoms with Crippen molar-refractivity contribution in [2.75, 3.05) is 30.6 Å². The van der Waals surface area contributed by atoms with E-state index in [-0.39, 0.29) is 24.8 Å². The number of fused-ring (bicyclic) bond motifs is 1. The third-order valence-electron chi connectivity index (χ3n) is 5.98. The molecule has 1 fully saturated rings. The van der Waals surface area contributed by atoms with E-state index in [2.05, 4.69) is 4.98 Å². The van der Waals surface area contributed by atoms with Gasteiger partial charge in [0.2, 0.25) is 11.8 Å². The number of benzene rings is 2. The predicted molar refractivity (Wildman–Crippen MR) is 135 cm³/mol. The van der Waals surface area contributed by atoms with Gasteiger partial charge in [0.1, 0.15) is 21.7 Å². The molecule has 4 aromatic rings. The molecule has 8 nitrogen and oxygen atoms in total. The number of aromatic nitrogens is 2. The van der Waals surface area contributed by atoms with Crippen molar-refractivity contribution in [1.29, 1.82) is 0 Å². The van der Waals surface area contributed by atoms with Gasteiger partial charge in [-0.2, -0.15) is 0 Å². The Hall–Kier alpha value is -3.98. The molecule has 1 aliphatic heterocycles. The molecular weight excluding hydrogens is 464 g/mol. The molecule has 2 aromatic carbocycles. The fraction of sp³-hybridized carbons (Fsp3) is 0.231. The fourth-order valence-corrected chi connectivity index (χ4v) is 5.31. The number of nitrogens with zero attached hydrogens (tertiary/aromatic N) is 4. The van der Waals surface area contributed by atoms with E-state index in [0.717, 1.165) is 16.1 Å². The van der Waals surface area contributed by atoms with E-state index in [1.165, 1.54) is 11.3 Å². The van der Waals surface area contributed by atoms with Crippen LogP contribution in [-0.4, -0.2) is 42.5 Å². The van der Waals surface area contributed by atoms with Crippen LogP contribution in [0.2, 0.25) is 0 Å². The fourth-order valence-electron chi connectivity index (χ4n) is 4.23. The van der Waals surface area contributed by atoms with Crippen LogP contribution in [0, 0.1) is 5.92 Å². The number of pyridine rings is 1. The van der Waals surface area contributed by atoms with Gasteiger partial charge in [-0.25, -0.2) is 4.98 Å². The number of ether oxygens (including phenoxy) is 2. The van der Waals surface area contributed by atoms with Crippen molar-refractivity contribution in [3.05, 3.63) is 72.6 Å². The number of anilines is 2. The SMILES string of the molecule is COc1ccc(OC)c2sc(N(Cc3ccccn3)C(=O)C3CC(=O)N(c4ccccc4)C3)nc12. The van der Waals surface area contributed by atoms with Gasteiger partial charge in [0, 0.05) is 24.8 Å². The Balaban J connectivity index is 1.52. The highest BCUT2D eigenvalue weighted by Crippen LogP contribution is 2.41. The molecule has 5 rings (SSSR count). The van der Waals surface area contributed by atoms with Crippen LogP contribution in [0.15, 0.2) is 66.9 Å². The maximum absolute atomic E-state index is 13.9. The molecule has 1 saturated heterocycles. The summed E-state index contributed by atoms with van der Waals surface area (Å²) in [6, 6.07) is 18.6. The molecule has 0 aliphatic carbocycles. The molecule has 2 aromatic heterocycles. The Labute approximate surface area is 206 Å². The van der Waals surface area contributed by atoms with Crippen LogP contribution in [0.1, 0.15) is 12.1 Å². The Morgan fingerprint density at radius 1 is 1.06 bits per heavy atom. The van der Waals surface area contributed by atoms with Gasteiger partial charge >= 0.3 is 0 Å². The quantitative estimate of drug-likeness (QED) is 0.386. The summed E-state index contributed by atoms with van der Waals surface area (Å²) in [4.78, 5) is 39.2. The molecule has 2 amide bonds. The normalized spacial score (nSPS) is 15.4. The van der Waals surface area contributed by atoms with E-state index in [4.69, 9.17) is 14.5 Å². The molecule has 1 atom stereocenters. The molecule has 0 radical (unpaired) electrons. The molecule has 178 valence electrons. The van der Waals surface area contributed by atoms with E-state index < -0.39 is 5.92 Å². The van der Waals surface area contributed by atoms with Crippen LogP contribution >= 0.6 is 11.3 Å². The molecule has 3 heterocycles. The van der Waals surface area contributed by atoms with Crippen molar-refractivity contribution in [3.8, 4) is 11.5 Å². The summed E-state index contributed by atoms with van der Waals surface area (Å²) in [6.07, 6.45) is 1.84. The average Bonchev–Trinajstić information content (AvgIpc) is 3.51. The zero-order valence-electron chi connectivity index (χ0n) is 19.4. The Morgan fingerprint density at radius 2 is 1.80 bits per heavy atom. The van der Waals surface area contributed by atoms with Crippen molar-refractivity contribution in [2.45, 2.75) is 13.0 Å². The highest BCUT2D eigenvalue weighted by Gasteiger charge is 2.38. The molecule has 0 bridgehead atoms. The van der Waals surface area contributed by atoms with Crippen molar-refractivity contribution < 1.29 is 19.1 Å². The first kappa shape index (κ1) is 22.8. The van der Waals surface area contributed by atoms with Crippen LogP contribution in [-0.2, 0) is 16.1 Å². The minimum absolute atomic E-state index is 0.0695. The second-order valence-corrected chi connectivity index (χ2v) is 9.11. The number of thiazole rings is 1. The monoisotopic (exact) mass is 488 g/mol. The number of amides is 2. The highest BCUT2D eigenvalue weighted by molar-refractivity contribution is 7.22. The van der Waals surface area contributed by atoms with Crippen LogP contribution < -0.4 is 19.3 Å². The largest absolute Gasteiger partial charge is 0.495 e. The molecule has 0 saturated carbocycles. The number of methoxy groups -OCH3 is 2. The van der Waals surface area contributed by atoms with E-state index >= 15 is 0 Å². The Kier molecular flexibility index (Phi) is 6.33. The van der Waals surface area contributed by atoms with Gasteiger partial charge in [-0.05, 0) is 36.4 Å². The molecule has 1 unspecified atom stereocenters. The minimum atomic E-state index is -0.498. The van der Waals surface area contributed by atoms with Gasteiger partial charge in [0.05, 0.1) is 32.4 Å². The number of para-hydroxylation sites is 1. The van der Waals surface area contributed by atoms with E-state index in [1.54, 1.807) is 36.3 Å². The maximum atomic E-state index is 13.9. The van der Waals surface area contributed by atoms with Crippen LogP contribution in [0.5, 0.6) is 11.5 Å². The molecular formula is C26H24N4O4S. The second kappa shape index (κ2) is 9.71. The lowest BCUT2D eigenvalue weighted by Gasteiger charge is -2.23. The zero-order chi connectivity index (χ0) is 24.4. The van der Waals surface area contributed by atoms with Gasteiger partial charge < -0.3 is 14.4 Å². The zero-order valence-corrected chi connectivity index (χ0v) is 20.2. The number of hydrogen-bond acceptors (Lipinski definition) is 7. The van der Waals surface area contributed by atoms with Crippen LogP contribution in [0.25, 0.3) is 10.2 Å². The van der Waals surface area contributed by atoms with Gasteiger partial charge in [-0.15, -0.1) is 0 Å². The lowest BCUT2D eigenvalue weighted by molar-refractivity contribution is -0.124. The lowest BCUT2D eigenvalue weighted by Crippen LogP contribution is -2.37. The lowest BCUT2D eigenvalue weighted by atomic mass is 10.1. The molecule has 0 N–H and O–H groups in total. The summed E-state index contributed by atoms with van der Waals surface area (Å²) in [5.41, 5.74) is 2.14. The van der Waals surface area contributed by atoms with Crippen molar-refractivity contribution in [2.24, 2.45) is 5.92 Å². The summed E-state index contributed by atoms with van der Waals surface area (Å²) in [7, 11) is 3.18. The van der Waals surface area contributed by atoms with Gasteiger partial charge in [-0.1, -0.05) is 35.6 Å². The predicted octanol–water partition coefficient (Wildman–Crippen LogP) is 4.29. The first-order chi connectivity index (χ1) is 17.1. The Morgan fingerprint density at radius 3 is 2.51 bits per heavy atom. The van der Waals surface area contributed by atoms with Gasteiger partial charge in [0.15, 0.2) is 5.13 Å². The number of carbonyl (C=O) groups excluding carboxylic acids is 2. The first-order valence-corrected chi connectivity index (χ1v) is 12.0. The first-order valence-electron chi connectivity index (χ1n) is 11.2. The molecule has 35 heavy (non-hydrogen) atoms. The summed E-state index contributed by atoms with van der Waals surface area (Å²) in [5, 5.41) is 0.504. The molecule has 1 aliphatic rings. The number of rotatable bonds is 7. The minimum Gasteiger partial charge on any atom is -0.495 e. The Bertz CT molecular complexity index is 1320. The standard InChI is InChI=1S/C26H24N4O4S/c1-33-20-11-12-21(34-2)24-23(20)28-26(35-24)30(16-18-8-6-7-13-27-18)25(32)17-14-22(31)29(15-17)19-9-4-3-5-10-19/h3-13,17H,14-16H2,1-2H3. The van der Waals surface area contributed by atoms with E-state index in [1.807, 2.05) is 54.6 Å². The van der Waals surface area contributed by atoms with Crippen LogP contribution in [0.4, 0.5) is 10.8 Å². The molecule has 9 heteroatoms. The molecule has 0 spiro atoms. The summed E-state index contributed by atoms with van der Waals surface area (Å²) in [5.74, 6) is 0.516. The smallest absolute Gasteiger partial charge is 0.234 e. The van der Waals surface area contributed by atoms with Crippen molar-refractivity contribution in [1.82, 2.24) is 9.97 Å². The summed E-state index contributed by atoms with van der Waals surface area (Å²) >= 11 is 1.35. The topological polar surface area (TPSA) is 84.9 Å². The highest BCUT2D eigenvalue weighted by atomic mass is 32.1. The third-order valence-corrected chi connectivity index (χ3v) is 7.08. The average molecular weight is 489 g/mol. The maximum Gasteiger partial charge on any atom is 0.234 e. The summed E-state index contributed by atoms with van der Waals surface area (Å²) < 4.78 is 11.8. The second-order valence-electron chi connectivity index (χ2n) is 8.13. The number of hydrogen-bond donors (Lipinski definition) is 0. The number of carbonyl (C=O) groups is 2. The summed E-state index contributed by atoms with van der Waals surface area (Å²) in [6.45, 7) is 0.554. The van der Waals surface area contributed by atoms with Crippen molar-refractivity contribution in [3.63, 3.8) is 0 Å².